The maximum atomic E-state index is 13.2. The number of ether oxygens (including phenoxy) is 1. The summed E-state index contributed by atoms with van der Waals surface area (Å²) in [5.74, 6) is 2.58. The Morgan fingerprint density at radius 1 is 1.36 bits per heavy atom. The summed E-state index contributed by atoms with van der Waals surface area (Å²) in [5, 5.41) is 7.65. The van der Waals surface area contributed by atoms with Gasteiger partial charge in [-0.1, -0.05) is 6.07 Å². The van der Waals surface area contributed by atoms with Crippen LogP contribution in [0.25, 0.3) is 0 Å². The van der Waals surface area contributed by atoms with Gasteiger partial charge in [-0.2, -0.15) is 16.9 Å². The molecular formula is C17H21N5O2S. The Labute approximate surface area is 150 Å². The molecule has 1 amide bonds. The molecule has 0 aliphatic carbocycles. The van der Waals surface area contributed by atoms with Crippen molar-refractivity contribution in [1.29, 1.82) is 0 Å². The molecule has 4 rings (SSSR count). The number of amides is 1. The molecule has 0 bridgehead atoms. The Kier molecular flexibility index (Phi) is 4.74. The first-order chi connectivity index (χ1) is 12.2. The van der Waals surface area contributed by atoms with Crippen molar-refractivity contribution in [3.63, 3.8) is 0 Å². The zero-order valence-electron chi connectivity index (χ0n) is 14.1. The van der Waals surface area contributed by atoms with Crippen LogP contribution >= 0.6 is 11.8 Å². The second kappa shape index (κ2) is 7.15. The van der Waals surface area contributed by atoms with Gasteiger partial charge >= 0.3 is 0 Å². The molecule has 1 atom stereocenters. The number of nitrogens with one attached hydrogen (secondary N) is 1. The van der Waals surface area contributed by atoms with E-state index in [0.29, 0.717) is 13.2 Å². The van der Waals surface area contributed by atoms with Crippen LogP contribution in [0.4, 0.5) is 5.82 Å². The van der Waals surface area contributed by atoms with Gasteiger partial charge < -0.3 is 10.1 Å². The number of carbonyl (C=O) groups is 1. The Hall–Kier alpha value is -1.90. The molecule has 2 aliphatic rings. The van der Waals surface area contributed by atoms with Crippen LogP contribution in [-0.4, -0.2) is 51.9 Å². The van der Waals surface area contributed by atoms with Crippen LogP contribution in [0.3, 0.4) is 0 Å². The molecule has 0 radical (unpaired) electrons. The van der Waals surface area contributed by atoms with Crippen molar-refractivity contribution in [1.82, 2.24) is 19.7 Å². The second-order valence-corrected chi connectivity index (χ2v) is 7.20. The van der Waals surface area contributed by atoms with Gasteiger partial charge in [0.25, 0.3) is 0 Å². The van der Waals surface area contributed by atoms with Crippen molar-refractivity contribution < 1.29 is 9.53 Å². The second-order valence-electron chi connectivity index (χ2n) is 6.22. The van der Waals surface area contributed by atoms with E-state index in [0.717, 1.165) is 47.2 Å². The van der Waals surface area contributed by atoms with Gasteiger partial charge in [0.05, 0.1) is 18.9 Å². The third-order valence-corrected chi connectivity index (χ3v) is 5.58. The highest BCUT2D eigenvalue weighted by Crippen LogP contribution is 2.35. The van der Waals surface area contributed by atoms with E-state index in [1.54, 1.807) is 17.1 Å². The lowest BCUT2D eigenvalue weighted by atomic mass is 10.1. The molecule has 1 fully saturated rings. The fourth-order valence-corrected chi connectivity index (χ4v) is 4.42. The Morgan fingerprint density at radius 2 is 2.20 bits per heavy atom. The van der Waals surface area contributed by atoms with Gasteiger partial charge in [-0.05, 0) is 11.6 Å². The van der Waals surface area contributed by atoms with Gasteiger partial charge in [0.1, 0.15) is 11.9 Å². The number of thioether (sulfide) groups is 1. The Bertz CT molecular complexity index is 758. The molecule has 132 valence electrons. The summed E-state index contributed by atoms with van der Waals surface area (Å²) < 4.78 is 7.22. The summed E-state index contributed by atoms with van der Waals surface area (Å²) in [6.45, 7) is 2.74. The molecule has 2 aliphatic heterocycles. The molecule has 2 aromatic rings. The van der Waals surface area contributed by atoms with E-state index in [1.807, 2.05) is 30.9 Å². The van der Waals surface area contributed by atoms with Crippen LogP contribution in [0.2, 0.25) is 0 Å². The number of aromatic nitrogens is 3. The molecule has 4 heterocycles. The summed E-state index contributed by atoms with van der Waals surface area (Å²) in [6.07, 6.45) is 3.49. The fraction of sp³-hybridized carbons (Fsp3) is 0.471. The number of anilines is 1. The first-order valence-electron chi connectivity index (χ1n) is 8.39. The maximum absolute atomic E-state index is 13.2. The van der Waals surface area contributed by atoms with E-state index in [-0.39, 0.29) is 11.9 Å². The van der Waals surface area contributed by atoms with E-state index >= 15 is 0 Å². The smallest absolute Gasteiger partial charge is 0.247 e. The summed E-state index contributed by atoms with van der Waals surface area (Å²) in [6, 6.07) is 3.45. The van der Waals surface area contributed by atoms with Gasteiger partial charge in [0.15, 0.2) is 0 Å². The normalized spacial score (nSPS) is 18.8. The summed E-state index contributed by atoms with van der Waals surface area (Å²) in [5.41, 5.74) is 3.12. The van der Waals surface area contributed by atoms with E-state index in [9.17, 15) is 4.79 Å². The highest BCUT2D eigenvalue weighted by Gasteiger charge is 2.31. The van der Waals surface area contributed by atoms with Crippen molar-refractivity contribution in [2.24, 2.45) is 7.05 Å². The molecule has 7 nitrogen and oxygen atoms in total. The monoisotopic (exact) mass is 359 g/mol. The van der Waals surface area contributed by atoms with E-state index in [1.165, 1.54) is 0 Å². The maximum Gasteiger partial charge on any atom is 0.247 e. The minimum Gasteiger partial charge on any atom is -0.379 e. The van der Waals surface area contributed by atoms with Crippen LogP contribution in [0.5, 0.6) is 0 Å². The number of rotatable bonds is 4. The third kappa shape index (κ3) is 3.29. The Balaban J connectivity index is 1.62. The summed E-state index contributed by atoms with van der Waals surface area (Å²) in [7, 11) is 1.88. The number of carbonyl (C=O) groups excluding carboxylic acids is 1. The third-order valence-electron chi connectivity index (χ3n) is 4.61. The van der Waals surface area contributed by atoms with Gasteiger partial charge in [-0.15, -0.1) is 0 Å². The lowest BCUT2D eigenvalue weighted by Crippen LogP contribution is -2.44. The zero-order valence-corrected chi connectivity index (χ0v) is 15.0. The average Bonchev–Trinajstić information content (AvgIpc) is 3.20. The molecule has 0 saturated carbocycles. The van der Waals surface area contributed by atoms with Gasteiger partial charge in [-0.3, -0.25) is 19.4 Å². The quantitative estimate of drug-likeness (QED) is 0.894. The van der Waals surface area contributed by atoms with Crippen LogP contribution in [0, 0.1) is 0 Å². The van der Waals surface area contributed by atoms with Crippen molar-refractivity contribution in [3.05, 3.63) is 41.3 Å². The van der Waals surface area contributed by atoms with Gasteiger partial charge in [0.2, 0.25) is 5.91 Å². The van der Waals surface area contributed by atoms with Crippen LogP contribution < -0.4 is 5.32 Å². The van der Waals surface area contributed by atoms with Gasteiger partial charge in [0, 0.05) is 49.6 Å². The number of nitrogens with zero attached hydrogens (tertiary/aromatic N) is 4. The molecule has 0 aromatic carbocycles. The first-order valence-corrected chi connectivity index (χ1v) is 9.54. The van der Waals surface area contributed by atoms with Crippen LogP contribution in [0.15, 0.2) is 24.5 Å². The molecule has 1 unspecified atom stereocenters. The molecule has 25 heavy (non-hydrogen) atoms. The topological polar surface area (TPSA) is 72.3 Å². The molecule has 2 aromatic heterocycles. The fourth-order valence-electron chi connectivity index (χ4n) is 3.38. The molecule has 0 spiro atoms. The van der Waals surface area contributed by atoms with Crippen LogP contribution in [-0.2, 0) is 28.1 Å². The van der Waals surface area contributed by atoms with E-state index in [4.69, 9.17) is 4.74 Å². The van der Waals surface area contributed by atoms with Crippen molar-refractivity contribution >= 4 is 23.5 Å². The van der Waals surface area contributed by atoms with Gasteiger partial charge in [-0.25, -0.2) is 0 Å². The summed E-state index contributed by atoms with van der Waals surface area (Å²) in [4.78, 5) is 19.5. The predicted molar refractivity (Wildman–Crippen MR) is 96.2 cm³/mol. The van der Waals surface area contributed by atoms with Crippen molar-refractivity contribution in [2.45, 2.75) is 17.5 Å². The molecule has 1 saturated heterocycles. The number of morpholine rings is 1. The van der Waals surface area contributed by atoms with Crippen LogP contribution in [0.1, 0.15) is 22.9 Å². The highest BCUT2D eigenvalue weighted by atomic mass is 32.2. The zero-order chi connectivity index (χ0) is 17.2. The average molecular weight is 359 g/mol. The molecule has 8 heteroatoms. The highest BCUT2D eigenvalue weighted by molar-refractivity contribution is 7.98. The summed E-state index contributed by atoms with van der Waals surface area (Å²) >= 11 is 1.83. The largest absolute Gasteiger partial charge is 0.379 e. The van der Waals surface area contributed by atoms with Crippen molar-refractivity contribution in [3.8, 4) is 0 Å². The number of hydrogen-bond donors (Lipinski definition) is 1. The minimum absolute atomic E-state index is 0.0439. The number of fused-ring (bicyclic) bond motifs is 1. The molecular weight excluding hydrogens is 338 g/mol. The predicted octanol–water partition coefficient (Wildman–Crippen LogP) is 1.57. The number of hydrogen-bond acceptors (Lipinski definition) is 6. The lowest BCUT2D eigenvalue weighted by Gasteiger charge is -2.33. The number of pyridine rings is 1. The van der Waals surface area contributed by atoms with E-state index < -0.39 is 0 Å². The number of aryl methyl sites for hydroxylation is 1. The SMILES string of the molecule is Cn1nc2c(c1NC(=O)C(c1cccnc1)N1CCOCC1)CSC2. The van der Waals surface area contributed by atoms with E-state index in [2.05, 4.69) is 20.3 Å². The standard InChI is InChI=1S/C17H21N5O2S/c1-21-16(13-10-25-11-14(13)20-21)19-17(23)15(12-3-2-4-18-9-12)22-5-7-24-8-6-22/h2-4,9,15H,5-8,10-11H2,1H3,(H,19,23). The van der Waals surface area contributed by atoms with Crippen molar-refractivity contribution in [2.75, 3.05) is 31.6 Å². The lowest BCUT2D eigenvalue weighted by molar-refractivity contribution is -0.123. The molecule has 1 N–H and O–H groups in total. The Morgan fingerprint density at radius 3 is 2.96 bits per heavy atom. The minimum atomic E-state index is -0.378. The first kappa shape index (κ1) is 16.6.